The Morgan fingerprint density at radius 3 is 2.57 bits per heavy atom. The van der Waals surface area contributed by atoms with Crippen molar-refractivity contribution in [3.05, 3.63) is 52.6 Å². The molecule has 2 aromatic rings. The van der Waals surface area contributed by atoms with E-state index in [2.05, 4.69) is 25.0 Å². The predicted molar refractivity (Wildman–Crippen MR) is 115 cm³/mol. The van der Waals surface area contributed by atoms with Gasteiger partial charge in [-0.2, -0.15) is 10.2 Å². The number of carbonyl (C=O) groups excluding carboxylic acids is 2. The van der Waals surface area contributed by atoms with Crippen LogP contribution in [0.15, 0.2) is 30.0 Å². The Balaban J connectivity index is 1.35. The lowest BCUT2D eigenvalue weighted by atomic mass is 9.93. The fraction of sp³-hybridized carbons (Fsp3) is 0.435. The van der Waals surface area contributed by atoms with Gasteiger partial charge in [-0.05, 0) is 41.8 Å². The number of Topliss-reactive ketones (excluding diaryl/α,β-unsaturated/α-hetero) is 2. The van der Waals surface area contributed by atoms with Gasteiger partial charge in [0, 0.05) is 45.6 Å². The smallest absolute Gasteiger partial charge is 0.180 e. The second kappa shape index (κ2) is 8.83. The Hall–Kier alpha value is -2.93. The third-order valence-corrected chi connectivity index (χ3v) is 5.83. The molecule has 7 heteroatoms. The van der Waals surface area contributed by atoms with E-state index in [1.54, 1.807) is 6.20 Å². The van der Waals surface area contributed by atoms with E-state index in [0.29, 0.717) is 18.5 Å². The van der Waals surface area contributed by atoms with Crippen molar-refractivity contribution in [3.8, 4) is 0 Å². The monoisotopic (exact) mass is 405 g/mol. The average Bonchev–Trinajstić information content (AvgIpc) is 2.78. The summed E-state index contributed by atoms with van der Waals surface area (Å²) in [5, 5.41) is 8.75. The van der Waals surface area contributed by atoms with Gasteiger partial charge in [0.05, 0.1) is 23.3 Å². The minimum atomic E-state index is 0.0700. The maximum atomic E-state index is 12.2. The zero-order chi connectivity index (χ0) is 21.1. The minimum absolute atomic E-state index is 0.0700. The highest BCUT2D eigenvalue weighted by atomic mass is 16.1. The van der Waals surface area contributed by atoms with Crippen LogP contribution in [-0.2, 0) is 17.8 Å². The number of aromatic nitrogens is 3. The van der Waals surface area contributed by atoms with E-state index < -0.39 is 0 Å². The molecule has 30 heavy (non-hydrogen) atoms. The van der Waals surface area contributed by atoms with Gasteiger partial charge >= 0.3 is 0 Å². The van der Waals surface area contributed by atoms with Crippen LogP contribution in [0.25, 0.3) is 6.08 Å². The third-order valence-electron chi connectivity index (χ3n) is 5.83. The van der Waals surface area contributed by atoms with Gasteiger partial charge < -0.3 is 4.90 Å². The lowest BCUT2D eigenvalue weighted by Gasteiger charge is -2.35. The molecule has 0 unspecified atom stereocenters. The number of ketones is 2. The lowest BCUT2D eigenvalue weighted by Crippen LogP contribution is -2.46. The number of anilines is 1. The number of allylic oxidation sites excluding steroid dienone is 1. The van der Waals surface area contributed by atoms with Gasteiger partial charge in [-0.15, -0.1) is 0 Å². The van der Waals surface area contributed by atoms with Crippen LogP contribution in [0.1, 0.15) is 54.1 Å². The summed E-state index contributed by atoms with van der Waals surface area (Å²) in [6, 6.07) is 5.83. The Morgan fingerprint density at radius 1 is 1.10 bits per heavy atom. The molecular weight excluding hydrogens is 378 g/mol. The highest BCUT2D eigenvalue weighted by Crippen LogP contribution is 2.22. The number of piperazine rings is 1. The third kappa shape index (κ3) is 4.31. The molecule has 0 aromatic carbocycles. The van der Waals surface area contributed by atoms with Crippen molar-refractivity contribution in [2.75, 3.05) is 31.1 Å². The summed E-state index contributed by atoms with van der Waals surface area (Å²) < 4.78 is 0. The first-order valence-corrected chi connectivity index (χ1v) is 10.6. The molecule has 2 aromatic heterocycles. The number of hydrogen-bond acceptors (Lipinski definition) is 7. The molecule has 1 aliphatic carbocycles. The molecule has 156 valence electrons. The molecule has 1 saturated heterocycles. The first-order chi connectivity index (χ1) is 14.6. The highest BCUT2D eigenvalue weighted by Gasteiger charge is 2.21. The number of fused-ring (bicyclic) bond motifs is 1. The number of carbonyl (C=O) groups is 2. The van der Waals surface area contributed by atoms with E-state index in [1.807, 2.05) is 38.1 Å². The second-order valence-corrected chi connectivity index (χ2v) is 7.81. The van der Waals surface area contributed by atoms with Crippen LogP contribution in [0.5, 0.6) is 0 Å². The van der Waals surface area contributed by atoms with Gasteiger partial charge in [-0.3, -0.25) is 19.5 Å². The molecule has 0 saturated carbocycles. The van der Waals surface area contributed by atoms with E-state index in [9.17, 15) is 9.59 Å². The molecule has 1 aliphatic heterocycles. The molecule has 0 amide bonds. The Kier molecular flexibility index (Phi) is 5.99. The van der Waals surface area contributed by atoms with Crippen molar-refractivity contribution in [1.82, 2.24) is 20.1 Å². The van der Waals surface area contributed by atoms with Gasteiger partial charge in [0.15, 0.2) is 11.6 Å². The van der Waals surface area contributed by atoms with Crippen molar-refractivity contribution >= 4 is 23.3 Å². The first kappa shape index (κ1) is 20.3. The summed E-state index contributed by atoms with van der Waals surface area (Å²) in [6.45, 7) is 8.17. The molecule has 0 N–H and O–H groups in total. The van der Waals surface area contributed by atoms with E-state index in [1.165, 1.54) is 0 Å². The molecule has 7 nitrogen and oxygen atoms in total. The Morgan fingerprint density at radius 2 is 1.90 bits per heavy atom. The van der Waals surface area contributed by atoms with E-state index in [-0.39, 0.29) is 11.6 Å². The van der Waals surface area contributed by atoms with Crippen LogP contribution in [0.3, 0.4) is 0 Å². The number of pyridine rings is 1. The van der Waals surface area contributed by atoms with Crippen LogP contribution in [-0.4, -0.2) is 57.8 Å². The second-order valence-electron chi connectivity index (χ2n) is 7.81. The quantitative estimate of drug-likeness (QED) is 0.684. The van der Waals surface area contributed by atoms with Crippen molar-refractivity contribution in [1.29, 1.82) is 0 Å². The fourth-order valence-corrected chi connectivity index (χ4v) is 3.97. The maximum Gasteiger partial charge on any atom is 0.180 e. The molecule has 2 aliphatic rings. The molecule has 4 rings (SSSR count). The van der Waals surface area contributed by atoms with E-state index in [4.69, 9.17) is 0 Å². The zero-order valence-corrected chi connectivity index (χ0v) is 17.6. The minimum Gasteiger partial charge on any atom is -0.368 e. The summed E-state index contributed by atoms with van der Waals surface area (Å²) in [4.78, 5) is 32.9. The van der Waals surface area contributed by atoms with Gasteiger partial charge in [0.25, 0.3) is 0 Å². The molecule has 1 fully saturated rings. The van der Waals surface area contributed by atoms with Crippen LogP contribution in [0.4, 0.5) is 5.69 Å². The van der Waals surface area contributed by atoms with Crippen LogP contribution >= 0.6 is 0 Å². The van der Waals surface area contributed by atoms with E-state index >= 15 is 0 Å². The topological polar surface area (TPSA) is 79.3 Å². The first-order valence-electron chi connectivity index (χ1n) is 10.6. The molecular formula is C23H27N5O2. The molecule has 0 spiro atoms. The molecule has 0 bridgehead atoms. The predicted octanol–water partition coefficient (Wildman–Crippen LogP) is 2.71. The van der Waals surface area contributed by atoms with Crippen molar-refractivity contribution in [2.45, 2.75) is 39.7 Å². The summed E-state index contributed by atoms with van der Waals surface area (Å²) in [5.74, 6) is 0.262. The standard InChI is InChI=1S/C23H27N5O2/c1-3-16-12-21-17(13-23(16)30)11-18(25-26-21)15-27-7-9-28(10-8-27)19-5-6-20(24-14-19)22(29)4-2/h5-6,11-12,14H,3-4,7-10,13,15H2,1-2H3. The van der Waals surface area contributed by atoms with Gasteiger partial charge in [0.2, 0.25) is 0 Å². The molecule has 0 radical (unpaired) electrons. The largest absolute Gasteiger partial charge is 0.368 e. The average molecular weight is 406 g/mol. The fourth-order valence-electron chi connectivity index (χ4n) is 3.97. The van der Waals surface area contributed by atoms with Gasteiger partial charge in [0.1, 0.15) is 5.69 Å². The molecule has 0 atom stereocenters. The van der Waals surface area contributed by atoms with Crippen molar-refractivity contribution in [2.24, 2.45) is 0 Å². The lowest BCUT2D eigenvalue weighted by molar-refractivity contribution is -0.115. The number of nitrogens with zero attached hydrogens (tertiary/aromatic N) is 5. The Bertz CT molecular complexity index is 976. The van der Waals surface area contributed by atoms with Gasteiger partial charge in [-0.25, -0.2) is 0 Å². The summed E-state index contributed by atoms with van der Waals surface area (Å²) in [7, 11) is 0. The summed E-state index contributed by atoms with van der Waals surface area (Å²) >= 11 is 0. The van der Waals surface area contributed by atoms with Crippen LogP contribution in [0.2, 0.25) is 0 Å². The van der Waals surface area contributed by atoms with Crippen molar-refractivity contribution < 1.29 is 9.59 Å². The van der Waals surface area contributed by atoms with Crippen molar-refractivity contribution in [3.63, 3.8) is 0 Å². The summed E-state index contributed by atoms with van der Waals surface area (Å²) in [5.41, 5.74) is 5.14. The molecule has 3 heterocycles. The van der Waals surface area contributed by atoms with Gasteiger partial charge in [-0.1, -0.05) is 13.8 Å². The van der Waals surface area contributed by atoms with Crippen LogP contribution in [0, 0.1) is 0 Å². The number of rotatable bonds is 6. The zero-order valence-electron chi connectivity index (χ0n) is 17.6. The number of hydrogen-bond donors (Lipinski definition) is 0. The maximum absolute atomic E-state index is 12.2. The van der Waals surface area contributed by atoms with Crippen LogP contribution < -0.4 is 4.90 Å². The highest BCUT2D eigenvalue weighted by molar-refractivity contribution is 6.03. The normalized spacial score (nSPS) is 16.9. The van der Waals surface area contributed by atoms with E-state index in [0.717, 1.165) is 67.4 Å². The SMILES string of the molecule is CCC(=O)c1ccc(N2CCN(Cc3cc4c(nn3)C=C(CC)C(=O)C4)CC2)cn1. The summed E-state index contributed by atoms with van der Waals surface area (Å²) in [6.07, 6.45) is 5.31. The Labute approximate surface area is 176 Å².